The molecule has 3 atom stereocenters. The lowest BCUT2D eigenvalue weighted by atomic mass is 10.1. The molecule has 0 fully saturated rings. The molecule has 0 saturated heterocycles. The van der Waals surface area contributed by atoms with Crippen LogP contribution in [0, 0.1) is 0 Å². The van der Waals surface area contributed by atoms with Crippen LogP contribution in [0.3, 0.4) is 0 Å². The van der Waals surface area contributed by atoms with Crippen molar-refractivity contribution in [1.29, 1.82) is 0 Å². The van der Waals surface area contributed by atoms with Crippen LogP contribution >= 0.6 is 0 Å². The Balaban J connectivity index is 5.07. The summed E-state index contributed by atoms with van der Waals surface area (Å²) in [4.78, 5) is 61.5. The van der Waals surface area contributed by atoms with Gasteiger partial charge < -0.3 is 44.4 Å². The molecule has 0 aromatic carbocycles. The molecule has 0 heterocycles. The van der Waals surface area contributed by atoms with Crippen molar-refractivity contribution in [3.63, 3.8) is 0 Å². The van der Waals surface area contributed by atoms with E-state index in [0.29, 0.717) is 0 Å². The number of carbonyl (C=O) groups excluding carboxylic acids is 4. The van der Waals surface area contributed by atoms with Gasteiger partial charge in [-0.15, -0.1) is 0 Å². The van der Waals surface area contributed by atoms with E-state index >= 15 is 0 Å². The number of nitrogens with two attached hydrogens (primary N) is 5. The van der Waals surface area contributed by atoms with Crippen LogP contribution in [0.15, 0.2) is 4.99 Å². The summed E-state index contributed by atoms with van der Waals surface area (Å²) in [7, 11) is 0. The van der Waals surface area contributed by atoms with E-state index in [1.807, 2.05) is 0 Å². The minimum Gasteiger partial charge on any atom is -0.480 e. The quantitative estimate of drug-likeness (QED) is 0.0769. The molecule has 0 spiro atoms. The second-order valence-corrected chi connectivity index (χ2v) is 6.19. The lowest BCUT2D eigenvalue weighted by Gasteiger charge is -2.22. The van der Waals surface area contributed by atoms with Crippen LogP contribution in [0.2, 0.25) is 0 Å². The third kappa shape index (κ3) is 11.8. The number of aliphatic carboxylic acids is 1. The number of nitrogens with zero attached hydrogens (tertiary/aromatic N) is 1. The Morgan fingerprint density at radius 1 is 0.862 bits per heavy atom. The maximum Gasteiger partial charge on any atom is 0.326 e. The number of carboxylic acids is 1. The van der Waals surface area contributed by atoms with Gasteiger partial charge in [-0.2, -0.15) is 0 Å². The zero-order chi connectivity index (χ0) is 22.6. The molecule has 0 bridgehead atoms. The van der Waals surface area contributed by atoms with Crippen molar-refractivity contribution >= 4 is 35.6 Å². The Bertz CT molecular complexity index is 649. The molecule has 164 valence electrons. The zero-order valence-corrected chi connectivity index (χ0v) is 15.8. The van der Waals surface area contributed by atoms with Crippen molar-refractivity contribution in [2.24, 2.45) is 33.7 Å². The predicted molar refractivity (Wildman–Crippen MR) is 102 cm³/mol. The minimum absolute atomic E-state index is 0.00945. The minimum atomic E-state index is -1.31. The number of hydrogen-bond acceptors (Lipinski definition) is 7. The number of nitrogens with one attached hydrogen (secondary N) is 2. The molecule has 0 rings (SSSR count). The smallest absolute Gasteiger partial charge is 0.326 e. The van der Waals surface area contributed by atoms with Gasteiger partial charge >= 0.3 is 5.97 Å². The van der Waals surface area contributed by atoms with Crippen LogP contribution in [0.25, 0.3) is 0 Å². The van der Waals surface area contributed by atoms with Gasteiger partial charge in [0.25, 0.3) is 0 Å². The van der Waals surface area contributed by atoms with E-state index in [2.05, 4.69) is 15.6 Å². The molecule has 0 aromatic heterocycles. The maximum atomic E-state index is 12.5. The van der Waals surface area contributed by atoms with Gasteiger partial charge in [0.05, 0.1) is 12.5 Å². The highest BCUT2D eigenvalue weighted by Crippen LogP contribution is 2.04. The molecule has 0 aliphatic heterocycles. The molecule has 14 nitrogen and oxygen atoms in total. The molecule has 13 N–H and O–H groups in total. The summed E-state index contributed by atoms with van der Waals surface area (Å²) in [5.74, 6) is -4.74. The molecule has 4 amide bonds. The van der Waals surface area contributed by atoms with Gasteiger partial charge in [0.15, 0.2) is 5.96 Å². The fraction of sp³-hybridized carbons (Fsp3) is 0.600. The number of amides is 4. The zero-order valence-electron chi connectivity index (χ0n) is 15.8. The molecule has 0 unspecified atom stereocenters. The van der Waals surface area contributed by atoms with E-state index in [9.17, 15) is 29.1 Å². The Hall–Kier alpha value is -3.42. The fourth-order valence-corrected chi connectivity index (χ4v) is 2.18. The highest BCUT2D eigenvalue weighted by Gasteiger charge is 2.28. The third-order valence-electron chi connectivity index (χ3n) is 3.63. The van der Waals surface area contributed by atoms with E-state index in [4.69, 9.17) is 28.7 Å². The Morgan fingerprint density at radius 2 is 1.45 bits per heavy atom. The summed E-state index contributed by atoms with van der Waals surface area (Å²) < 4.78 is 0. The number of guanidine groups is 1. The van der Waals surface area contributed by atoms with Crippen LogP contribution in [-0.2, 0) is 24.0 Å². The van der Waals surface area contributed by atoms with Crippen molar-refractivity contribution in [2.45, 2.75) is 50.2 Å². The Kier molecular flexibility index (Phi) is 11.4. The van der Waals surface area contributed by atoms with Crippen molar-refractivity contribution in [3.8, 4) is 0 Å². The predicted octanol–water partition coefficient (Wildman–Crippen LogP) is -4.44. The van der Waals surface area contributed by atoms with Crippen LogP contribution in [0.4, 0.5) is 0 Å². The van der Waals surface area contributed by atoms with Gasteiger partial charge in [-0.25, -0.2) is 4.79 Å². The van der Waals surface area contributed by atoms with Crippen LogP contribution < -0.4 is 39.3 Å². The van der Waals surface area contributed by atoms with Gasteiger partial charge in [0.2, 0.25) is 23.6 Å². The first-order chi connectivity index (χ1) is 13.4. The molecule has 14 heteroatoms. The topological polar surface area (TPSA) is 272 Å². The maximum absolute atomic E-state index is 12.5. The van der Waals surface area contributed by atoms with E-state index in [1.54, 1.807) is 0 Å². The number of primary amides is 2. The number of carboxylic acid groups (broad SMARTS) is 1. The molecule has 0 aliphatic rings. The SMILES string of the molecule is NC(=O)CC[C@H](NC(=O)[C@@H](N)CC(N)=O)C(=O)N[C@@H](CCCN=C(N)N)C(=O)O. The summed E-state index contributed by atoms with van der Waals surface area (Å²) in [6.07, 6.45) is -0.646. The van der Waals surface area contributed by atoms with E-state index < -0.39 is 54.1 Å². The number of carbonyl (C=O) groups is 5. The standard InChI is InChI=1S/C15H28N8O6/c16-7(6-11(18)25)12(26)22-8(3-4-10(17)24)13(27)23-9(14(28)29)2-1-5-21-15(19)20/h7-9H,1-6,16H2,(H2,17,24)(H2,18,25)(H,22,26)(H,23,27)(H,28,29)(H4,19,20,21)/t7-,8-,9-/m0/s1. The normalized spacial score (nSPS) is 13.4. The molecular weight excluding hydrogens is 388 g/mol. The number of aliphatic imine (C=N–C) groups is 1. The molecular formula is C15H28N8O6. The molecule has 0 saturated carbocycles. The van der Waals surface area contributed by atoms with Crippen molar-refractivity contribution in [3.05, 3.63) is 0 Å². The van der Waals surface area contributed by atoms with Crippen molar-refractivity contribution in [1.82, 2.24) is 10.6 Å². The highest BCUT2D eigenvalue weighted by atomic mass is 16.4. The summed E-state index contributed by atoms with van der Waals surface area (Å²) in [6.45, 7) is 0.159. The van der Waals surface area contributed by atoms with E-state index in [0.717, 1.165) is 0 Å². The fourth-order valence-electron chi connectivity index (χ4n) is 2.18. The summed E-state index contributed by atoms with van der Waals surface area (Å²) in [5.41, 5.74) is 25.9. The second kappa shape index (κ2) is 12.9. The molecule has 0 aromatic rings. The average Bonchev–Trinajstić information content (AvgIpc) is 2.59. The van der Waals surface area contributed by atoms with Crippen LogP contribution in [-0.4, -0.2) is 65.3 Å². The largest absolute Gasteiger partial charge is 0.480 e. The summed E-state index contributed by atoms with van der Waals surface area (Å²) >= 11 is 0. The molecule has 29 heavy (non-hydrogen) atoms. The Labute approximate surface area is 166 Å². The van der Waals surface area contributed by atoms with Gasteiger partial charge in [0, 0.05) is 13.0 Å². The van der Waals surface area contributed by atoms with Gasteiger partial charge in [-0.3, -0.25) is 24.2 Å². The van der Waals surface area contributed by atoms with E-state index in [1.165, 1.54) is 0 Å². The van der Waals surface area contributed by atoms with Crippen LogP contribution in [0.5, 0.6) is 0 Å². The molecule has 0 radical (unpaired) electrons. The number of rotatable bonds is 14. The average molecular weight is 416 g/mol. The Morgan fingerprint density at radius 3 is 1.93 bits per heavy atom. The summed E-state index contributed by atoms with van der Waals surface area (Å²) in [6, 6.07) is -3.90. The lowest BCUT2D eigenvalue weighted by molar-refractivity contribution is -0.142. The van der Waals surface area contributed by atoms with Crippen molar-refractivity contribution < 1.29 is 29.1 Å². The third-order valence-corrected chi connectivity index (χ3v) is 3.63. The van der Waals surface area contributed by atoms with Gasteiger partial charge in [0.1, 0.15) is 12.1 Å². The lowest BCUT2D eigenvalue weighted by Crippen LogP contribution is -2.55. The van der Waals surface area contributed by atoms with E-state index in [-0.39, 0.29) is 38.2 Å². The van der Waals surface area contributed by atoms with Crippen LogP contribution in [0.1, 0.15) is 32.1 Å². The first-order valence-electron chi connectivity index (χ1n) is 8.65. The number of hydrogen-bond donors (Lipinski definition) is 8. The first-order valence-corrected chi connectivity index (χ1v) is 8.65. The second-order valence-electron chi connectivity index (χ2n) is 6.19. The van der Waals surface area contributed by atoms with Gasteiger partial charge in [-0.1, -0.05) is 0 Å². The van der Waals surface area contributed by atoms with Crippen molar-refractivity contribution in [2.75, 3.05) is 6.54 Å². The first kappa shape index (κ1) is 25.6. The molecule has 0 aliphatic carbocycles. The summed E-state index contributed by atoms with van der Waals surface area (Å²) in [5, 5.41) is 13.8. The highest BCUT2D eigenvalue weighted by molar-refractivity contribution is 5.93. The monoisotopic (exact) mass is 416 g/mol. The van der Waals surface area contributed by atoms with Gasteiger partial charge in [-0.05, 0) is 19.3 Å².